The van der Waals surface area contributed by atoms with Gasteiger partial charge in [-0.05, 0) is 35.3 Å². The number of amides is 1. The van der Waals surface area contributed by atoms with Crippen molar-refractivity contribution < 1.29 is 14.1 Å². The third-order valence-corrected chi connectivity index (χ3v) is 3.70. The van der Waals surface area contributed by atoms with Gasteiger partial charge >= 0.3 is 0 Å². The highest BCUT2D eigenvalue weighted by Crippen LogP contribution is 2.22. The quantitative estimate of drug-likeness (QED) is 0.484. The van der Waals surface area contributed by atoms with Crippen LogP contribution in [0.1, 0.15) is 31.0 Å². The Bertz CT molecular complexity index is 786. The summed E-state index contributed by atoms with van der Waals surface area (Å²) >= 11 is 0. The average molecular weight is 342 g/mol. The van der Waals surface area contributed by atoms with Crippen molar-refractivity contribution >= 4 is 17.7 Å². The zero-order valence-corrected chi connectivity index (χ0v) is 14.0. The highest BCUT2D eigenvalue weighted by atomic mass is 19.1. The van der Waals surface area contributed by atoms with Crippen LogP contribution in [0.15, 0.2) is 54.6 Å². The van der Waals surface area contributed by atoms with Crippen LogP contribution in [0.5, 0.6) is 0 Å². The van der Waals surface area contributed by atoms with Crippen molar-refractivity contribution in [2.75, 3.05) is 0 Å². The normalized spacial score (nSPS) is 12.3. The number of nitro groups is 1. The molecule has 0 aliphatic rings. The van der Waals surface area contributed by atoms with E-state index in [9.17, 15) is 19.3 Å². The first kappa shape index (κ1) is 18.3. The molecule has 2 rings (SSSR count). The number of nitrogens with one attached hydrogen (secondary N) is 1. The molecule has 0 aliphatic heterocycles. The number of non-ortho nitro benzene ring substituents is 1. The summed E-state index contributed by atoms with van der Waals surface area (Å²) in [6.07, 6.45) is 2.85. The van der Waals surface area contributed by atoms with Crippen LogP contribution in [-0.4, -0.2) is 10.8 Å². The van der Waals surface area contributed by atoms with Crippen molar-refractivity contribution in [3.05, 3.63) is 81.7 Å². The van der Waals surface area contributed by atoms with Crippen LogP contribution in [0.25, 0.3) is 6.08 Å². The molecule has 5 nitrogen and oxygen atoms in total. The molecule has 0 saturated heterocycles. The number of hydrogen-bond acceptors (Lipinski definition) is 3. The Hall–Kier alpha value is -3.02. The number of benzene rings is 2. The molecule has 1 N–H and O–H groups in total. The molecule has 6 heteroatoms. The highest BCUT2D eigenvalue weighted by Gasteiger charge is 2.17. The molecule has 0 bridgehead atoms. The summed E-state index contributed by atoms with van der Waals surface area (Å²) in [4.78, 5) is 22.5. The molecule has 130 valence electrons. The smallest absolute Gasteiger partial charge is 0.270 e. The lowest BCUT2D eigenvalue weighted by atomic mass is 9.96. The molecule has 0 unspecified atom stereocenters. The predicted molar refractivity (Wildman–Crippen MR) is 94.3 cm³/mol. The second kappa shape index (κ2) is 8.19. The number of nitrogens with zero attached hydrogens (tertiary/aromatic N) is 1. The van der Waals surface area contributed by atoms with E-state index in [4.69, 9.17) is 0 Å². The van der Waals surface area contributed by atoms with E-state index < -0.39 is 4.92 Å². The van der Waals surface area contributed by atoms with Crippen molar-refractivity contribution in [2.45, 2.75) is 19.9 Å². The molecule has 0 aliphatic carbocycles. The van der Waals surface area contributed by atoms with E-state index in [1.54, 1.807) is 24.3 Å². The standard InChI is InChI=1S/C19H19FN2O3/c1-13(2)19(15-7-9-16(20)10-8-15)21-18(23)11-6-14-4-3-5-17(12-14)22(24)25/h3-13,19H,1-2H3,(H,21,23)/b11-6+/t19-/m0/s1. The third kappa shape index (κ3) is 5.24. The Kier molecular flexibility index (Phi) is 6.00. The van der Waals surface area contributed by atoms with Crippen molar-refractivity contribution in [1.82, 2.24) is 5.32 Å². The number of hydrogen-bond donors (Lipinski definition) is 1. The summed E-state index contributed by atoms with van der Waals surface area (Å²) in [5, 5.41) is 13.6. The number of rotatable bonds is 6. The fraction of sp³-hybridized carbons (Fsp3) is 0.211. The first-order chi connectivity index (χ1) is 11.9. The van der Waals surface area contributed by atoms with E-state index in [1.807, 2.05) is 13.8 Å². The number of nitro benzene ring substituents is 1. The zero-order chi connectivity index (χ0) is 18.4. The maximum Gasteiger partial charge on any atom is 0.270 e. The van der Waals surface area contributed by atoms with Crippen molar-refractivity contribution in [3.8, 4) is 0 Å². The van der Waals surface area contributed by atoms with Gasteiger partial charge < -0.3 is 5.32 Å². The molecule has 1 atom stereocenters. The lowest BCUT2D eigenvalue weighted by Gasteiger charge is -2.22. The minimum absolute atomic E-state index is 0.0334. The Morgan fingerprint density at radius 1 is 1.20 bits per heavy atom. The van der Waals surface area contributed by atoms with Gasteiger partial charge in [-0.3, -0.25) is 14.9 Å². The van der Waals surface area contributed by atoms with E-state index in [2.05, 4.69) is 5.32 Å². The molecule has 0 heterocycles. The third-order valence-electron chi connectivity index (χ3n) is 3.70. The fourth-order valence-corrected chi connectivity index (χ4v) is 2.42. The molecule has 1 amide bonds. The molecule has 2 aromatic carbocycles. The van der Waals surface area contributed by atoms with Crippen LogP contribution >= 0.6 is 0 Å². The van der Waals surface area contributed by atoms with E-state index in [0.29, 0.717) is 5.56 Å². The number of carbonyl (C=O) groups is 1. The summed E-state index contributed by atoms with van der Waals surface area (Å²) in [6.45, 7) is 3.91. The van der Waals surface area contributed by atoms with E-state index in [1.165, 1.54) is 36.4 Å². The predicted octanol–water partition coefficient (Wildman–Crippen LogP) is 4.26. The SMILES string of the molecule is CC(C)[C@H](NC(=O)/C=C/c1cccc([N+](=O)[O-])c1)c1ccc(F)cc1. The molecule has 0 spiro atoms. The summed E-state index contributed by atoms with van der Waals surface area (Å²) in [5.41, 5.74) is 1.34. The summed E-state index contributed by atoms with van der Waals surface area (Å²) in [6, 6.07) is 11.8. The van der Waals surface area contributed by atoms with E-state index in [-0.39, 0.29) is 29.4 Å². The Labute approximate surface area is 145 Å². The summed E-state index contributed by atoms with van der Waals surface area (Å²) in [7, 11) is 0. The van der Waals surface area contributed by atoms with Gasteiger partial charge in [0.05, 0.1) is 11.0 Å². The van der Waals surface area contributed by atoms with Gasteiger partial charge in [0.25, 0.3) is 5.69 Å². The van der Waals surface area contributed by atoms with Crippen LogP contribution in [0, 0.1) is 21.8 Å². The van der Waals surface area contributed by atoms with Crippen molar-refractivity contribution in [1.29, 1.82) is 0 Å². The van der Waals surface area contributed by atoms with E-state index >= 15 is 0 Å². The van der Waals surface area contributed by atoms with Crippen LogP contribution in [0.3, 0.4) is 0 Å². The zero-order valence-electron chi connectivity index (χ0n) is 14.0. The van der Waals surface area contributed by atoms with Crippen molar-refractivity contribution in [2.24, 2.45) is 5.92 Å². The summed E-state index contributed by atoms with van der Waals surface area (Å²) < 4.78 is 13.1. The first-order valence-corrected chi connectivity index (χ1v) is 7.85. The second-order valence-corrected chi connectivity index (χ2v) is 5.97. The molecule has 0 radical (unpaired) electrons. The summed E-state index contributed by atoms with van der Waals surface area (Å²) in [5.74, 6) is -0.543. The average Bonchev–Trinajstić information content (AvgIpc) is 2.59. The minimum atomic E-state index is -0.485. The molecular weight excluding hydrogens is 323 g/mol. The molecule has 0 saturated carbocycles. The lowest BCUT2D eigenvalue weighted by molar-refractivity contribution is -0.384. The molecule has 0 fully saturated rings. The van der Waals surface area contributed by atoms with Gasteiger partial charge in [0.15, 0.2) is 0 Å². The van der Waals surface area contributed by atoms with Gasteiger partial charge in [0, 0.05) is 18.2 Å². The van der Waals surface area contributed by atoms with Gasteiger partial charge in [0.1, 0.15) is 5.82 Å². The largest absolute Gasteiger partial charge is 0.345 e. The molecule has 0 aromatic heterocycles. The Morgan fingerprint density at radius 3 is 2.48 bits per heavy atom. The van der Waals surface area contributed by atoms with Crippen LogP contribution in [0.2, 0.25) is 0 Å². The minimum Gasteiger partial charge on any atom is -0.345 e. The second-order valence-electron chi connectivity index (χ2n) is 5.97. The van der Waals surface area contributed by atoms with Gasteiger partial charge in [-0.15, -0.1) is 0 Å². The number of carbonyl (C=O) groups excluding carboxylic acids is 1. The van der Waals surface area contributed by atoms with Crippen LogP contribution in [0.4, 0.5) is 10.1 Å². The van der Waals surface area contributed by atoms with Crippen LogP contribution < -0.4 is 5.32 Å². The molecule has 2 aromatic rings. The molecular formula is C19H19FN2O3. The maximum absolute atomic E-state index is 13.1. The van der Waals surface area contributed by atoms with E-state index in [0.717, 1.165) is 5.56 Å². The monoisotopic (exact) mass is 342 g/mol. The Morgan fingerprint density at radius 2 is 1.88 bits per heavy atom. The highest BCUT2D eigenvalue weighted by molar-refractivity contribution is 5.92. The maximum atomic E-state index is 13.1. The van der Waals surface area contributed by atoms with Gasteiger partial charge in [-0.1, -0.05) is 38.1 Å². The first-order valence-electron chi connectivity index (χ1n) is 7.85. The van der Waals surface area contributed by atoms with Gasteiger partial charge in [0.2, 0.25) is 5.91 Å². The van der Waals surface area contributed by atoms with Crippen LogP contribution in [-0.2, 0) is 4.79 Å². The lowest BCUT2D eigenvalue weighted by Crippen LogP contribution is -2.30. The van der Waals surface area contributed by atoms with Gasteiger partial charge in [-0.2, -0.15) is 0 Å². The fourth-order valence-electron chi connectivity index (χ4n) is 2.42. The molecule has 25 heavy (non-hydrogen) atoms. The number of halogens is 1. The van der Waals surface area contributed by atoms with Gasteiger partial charge in [-0.25, -0.2) is 4.39 Å². The Balaban J connectivity index is 2.10. The van der Waals surface area contributed by atoms with Crippen molar-refractivity contribution in [3.63, 3.8) is 0 Å². The topological polar surface area (TPSA) is 72.2 Å².